The summed E-state index contributed by atoms with van der Waals surface area (Å²) in [6.07, 6.45) is 2.54. The van der Waals surface area contributed by atoms with Crippen molar-refractivity contribution >= 4 is 55.3 Å². The molecule has 2 rings (SSSR count). The van der Waals surface area contributed by atoms with Crippen molar-refractivity contribution in [3.05, 3.63) is 35.8 Å². The highest BCUT2D eigenvalue weighted by Crippen LogP contribution is 2.39. The standard InChI is InChI=1S/C10H4Cl2O4S2/c11-9(13)5-1-7(15-3-5)17-18-8-2-6(4-16-8)10(12)14/h1-4H. The minimum Gasteiger partial charge on any atom is -0.456 e. The van der Waals surface area contributed by atoms with E-state index in [1.54, 1.807) is 0 Å². The molecule has 2 aromatic heterocycles. The van der Waals surface area contributed by atoms with Crippen molar-refractivity contribution in [1.82, 2.24) is 0 Å². The van der Waals surface area contributed by atoms with E-state index in [1.807, 2.05) is 0 Å². The summed E-state index contributed by atoms with van der Waals surface area (Å²) in [6.45, 7) is 0. The molecule has 4 nitrogen and oxygen atoms in total. The third kappa shape index (κ3) is 3.35. The topological polar surface area (TPSA) is 60.4 Å². The van der Waals surface area contributed by atoms with Crippen LogP contribution in [0, 0.1) is 0 Å². The third-order valence-corrected chi connectivity index (χ3v) is 4.32. The minimum absolute atomic E-state index is 0.288. The lowest BCUT2D eigenvalue weighted by Gasteiger charge is -1.91. The fourth-order valence-corrected chi connectivity index (χ4v) is 2.91. The molecule has 0 atom stereocenters. The van der Waals surface area contributed by atoms with Gasteiger partial charge in [0.15, 0.2) is 10.2 Å². The van der Waals surface area contributed by atoms with Crippen LogP contribution in [0.15, 0.2) is 43.7 Å². The molecule has 2 heterocycles. The molecular weight excluding hydrogens is 319 g/mol. The monoisotopic (exact) mass is 322 g/mol. The number of hydrogen-bond acceptors (Lipinski definition) is 6. The summed E-state index contributed by atoms with van der Waals surface area (Å²) in [5.74, 6) is 0. The highest BCUT2D eigenvalue weighted by atomic mass is 35.5. The van der Waals surface area contributed by atoms with Gasteiger partial charge in [0.1, 0.15) is 12.5 Å². The van der Waals surface area contributed by atoms with Crippen LogP contribution in [0.5, 0.6) is 0 Å². The molecule has 0 aliphatic rings. The summed E-state index contributed by atoms with van der Waals surface area (Å²) in [5.41, 5.74) is 0.576. The Morgan fingerprint density at radius 3 is 1.56 bits per heavy atom. The van der Waals surface area contributed by atoms with Gasteiger partial charge in [0.25, 0.3) is 10.5 Å². The largest absolute Gasteiger partial charge is 0.456 e. The first-order chi connectivity index (χ1) is 8.56. The quantitative estimate of drug-likeness (QED) is 0.599. The van der Waals surface area contributed by atoms with E-state index in [-0.39, 0.29) is 11.1 Å². The Labute approximate surface area is 119 Å². The van der Waals surface area contributed by atoms with Crippen molar-refractivity contribution < 1.29 is 18.4 Å². The van der Waals surface area contributed by atoms with Crippen LogP contribution in [-0.4, -0.2) is 10.5 Å². The molecule has 0 radical (unpaired) electrons. The average molecular weight is 323 g/mol. The average Bonchev–Trinajstić information content (AvgIpc) is 2.95. The van der Waals surface area contributed by atoms with Crippen LogP contribution in [0.1, 0.15) is 20.7 Å². The van der Waals surface area contributed by atoms with Crippen LogP contribution in [-0.2, 0) is 0 Å². The second-order valence-corrected chi connectivity index (χ2v) is 5.85. The van der Waals surface area contributed by atoms with Gasteiger partial charge in [0, 0.05) is 12.1 Å². The SMILES string of the molecule is O=C(Cl)c1coc(SSc2cc(C(=O)Cl)co2)c1. The van der Waals surface area contributed by atoms with Gasteiger partial charge in [-0.05, 0) is 44.8 Å². The van der Waals surface area contributed by atoms with Crippen molar-refractivity contribution in [3.63, 3.8) is 0 Å². The van der Waals surface area contributed by atoms with E-state index in [2.05, 4.69) is 0 Å². The Morgan fingerprint density at radius 1 is 0.889 bits per heavy atom. The van der Waals surface area contributed by atoms with Gasteiger partial charge in [0.2, 0.25) is 0 Å². The number of carbonyl (C=O) groups excluding carboxylic acids is 2. The molecule has 0 saturated heterocycles. The summed E-state index contributed by atoms with van der Waals surface area (Å²) >= 11 is 10.6. The molecule has 0 aromatic carbocycles. The van der Waals surface area contributed by atoms with E-state index in [0.29, 0.717) is 10.2 Å². The van der Waals surface area contributed by atoms with E-state index < -0.39 is 10.5 Å². The van der Waals surface area contributed by atoms with Gasteiger partial charge in [-0.3, -0.25) is 9.59 Å². The Morgan fingerprint density at radius 2 is 1.28 bits per heavy atom. The zero-order valence-corrected chi connectivity index (χ0v) is 11.7. The fraction of sp³-hybridized carbons (Fsp3) is 0. The van der Waals surface area contributed by atoms with Gasteiger partial charge >= 0.3 is 0 Å². The molecule has 0 fully saturated rings. The lowest BCUT2D eigenvalue weighted by molar-refractivity contribution is 0.107. The number of halogens is 2. The highest BCUT2D eigenvalue weighted by molar-refractivity contribution is 8.76. The second kappa shape index (κ2) is 5.88. The first-order valence-electron chi connectivity index (χ1n) is 4.47. The van der Waals surface area contributed by atoms with E-state index in [0.717, 1.165) is 0 Å². The van der Waals surface area contributed by atoms with Gasteiger partial charge in [-0.15, -0.1) is 0 Å². The molecule has 8 heteroatoms. The van der Waals surface area contributed by atoms with Crippen molar-refractivity contribution in [3.8, 4) is 0 Å². The normalized spacial score (nSPS) is 10.6. The summed E-state index contributed by atoms with van der Waals surface area (Å²) in [4.78, 5) is 21.7. The van der Waals surface area contributed by atoms with Gasteiger partial charge in [0.05, 0.1) is 11.1 Å². The third-order valence-electron chi connectivity index (χ3n) is 1.81. The number of rotatable bonds is 5. The second-order valence-electron chi connectivity index (χ2n) is 3.02. The Bertz CT molecular complexity index is 538. The zero-order chi connectivity index (χ0) is 13.1. The maximum Gasteiger partial charge on any atom is 0.255 e. The summed E-state index contributed by atoms with van der Waals surface area (Å²) in [7, 11) is 2.46. The molecule has 0 bridgehead atoms. The lowest BCUT2D eigenvalue weighted by atomic mass is 10.4. The Hall–Kier alpha value is -0.820. The van der Waals surface area contributed by atoms with Gasteiger partial charge < -0.3 is 8.83 Å². The molecule has 94 valence electrons. The molecule has 0 spiro atoms. The number of hydrogen-bond donors (Lipinski definition) is 0. The van der Waals surface area contributed by atoms with Crippen LogP contribution in [0.3, 0.4) is 0 Å². The molecule has 2 aromatic rings. The lowest BCUT2D eigenvalue weighted by Crippen LogP contribution is -1.81. The predicted octanol–water partition coefficient (Wildman–Crippen LogP) is 4.43. The maximum absolute atomic E-state index is 10.8. The van der Waals surface area contributed by atoms with Crippen LogP contribution in [0.2, 0.25) is 0 Å². The van der Waals surface area contributed by atoms with Crippen LogP contribution in [0.4, 0.5) is 0 Å². The summed E-state index contributed by atoms with van der Waals surface area (Å²) in [6, 6.07) is 3.03. The summed E-state index contributed by atoms with van der Waals surface area (Å²) in [5, 5.41) is -0.162. The van der Waals surface area contributed by atoms with E-state index in [1.165, 1.54) is 46.2 Å². The van der Waals surface area contributed by atoms with Gasteiger partial charge in [-0.25, -0.2) is 0 Å². The Kier molecular flexibility index (Phi) is 4.45. The highest BCUT2D eigenvalue weighted by Gasteiger charge is 2.11. The first-order valence-corrected chi connectivity index (χ1v) is 7.38. The van der Waals surface area contributed by atoms with Gasteiger partial charge in [-0.2, -0.15) is 0 Å². The van der Waals surface area contributed by atoms with Crippen LogP contribution in [0.25, 0.3) is 0 Å². The maximum atomic E-state index is 10.8. The molecule has 0 aliphatic heterocycles. The van der Waals surface area contributed by atoms with Crippen LogP contribution < -0.4 is 0 Å². The van der Waals surface area contributed by atoms with Crippen molar-refractivity contribution in [1.29, 1.82) is 0 Å². The fourth-order valence-electron chi connectivity index (χ4n) is 1.01. The zero-order valence-electron chi connectivity index (χ0n) is 8.51. The summed E-state index contributed by atoms with van der Waals surface area (Å²) < 4.78 is 10.2. The molecule has 0 amide bonds. The number of carbonyl (C=O) groups is 2. The molecule has 0 unspecified atom stereocenters. The molecular formula is C10H4Cl2O4S2. The first kappa shape index (κ1) is 13.6. The van der Waals surface area contributed by atoms with Crippen molar-refractivity contribution in [2.75, 3.05) is 0 Å². The molecule has 0 aliphatic carbocycles. The molecule has 18 heavy (non-hydrogen) atoms. The minimum atomic E-state index is -0.580. The van der Waals surface area contributed by atoms with E-state index in [9.17, 15) is 9.59 Å². The Balaban J connectivity index is 1.97. The van der Waals surface area contributed by atoms with E-state index in [4.69, 9.17) is 32.0 Å². The number of furan rings is 2. The van der Waals surface area contributed by atoms with E-state index >= 15 is 0 Å². The van der Waals surface area contributed by atoms with Crippen LogP contribution >= 0.6 is 44.8 Å². The van der Waals surface area contributed by atoms with Crippen molar-refractivity contribution in [2.45, 2.75) is 10.2 Å². The molecule has 0 N–H and O–H groups in total. The molecule has 0 saturated carbocycles. The predicted molar refractivity (Wildman–Crippen MR) is 69.5 cm³/mol. The smallest absolute Gasteiger partial charge is 0.255 e. The van der Waals surface area contributed by atoms with Crippen molar-refractivity contribution in [2.24, 2.45) is 0 Å². The van der Waals surface area contributed by atoms with Gasteiger partial charge in [-0.1, -0.05) is 0 Å².